The van der Waals surface area contributed by atoms with Crippen molar-refractivity contribution in [1.82, 2.24) is 4.98 Å². The van der Waals surface area contributed by atoms with E-state index in [1.807, 2.05) is 0 Å². The molecule has 1 aromatic carbocycles. The van der Waals surface area contributed by atoms with E-state index in [0.29, 0.717) is 21.9 Å². The summed E-state index contributed by atoms with van der Waals surface area (Å²) in [5.74, 6) is 0.138. The molecular formula is C18H10N2O4S. The van der Waals surface area contributed by atoms with Gasteiger partial charge in [-0.1, -0.05) is 12.1 Å². The number of rotatable bonds is 2. The van der Waals surface area contributed by atoms with Gasteiger partial charge in [0, 0.05) is 11.6 Å². The minimum absolute atomic E-state index is 0.0419. The molecule has 1 atom stereocenters. The molecule has 1 aliphatic heterocycles. The van der Waals surface area contributed by atoms with Crippen LogP contribution < -0.4 is 10.3 Å². The summed E-state index contributed by atoms with van der Waals surface area (Å²) in [4.78, 5) is 31.8. The third-order valence-electron chi connectivity index (χ3n) is 4.22. The molecule has 0 fully saturated rings. The average Bonchev–Trinajstić information content (AvgIpc) is 3.36. The Kier molecular flexibility index (Phi) is 2.92. The van der Waals surface area contributed by atoms with E-state index in [0.717, 1.165) is 0 Å². The molecule has 0 N–H and O–H groups in total. The van der Waals surface area contributed by atoms with Gasteiger partial charge in [-0.2, -0.15) is 0 Å². The Labute approximate surface area is 144 Å². The molecule has 7 heteroatoms. The number of hydrogen-bond acceptors (Lipinski definition) is 6. The molecule has 4 aromatic rings. The van der Waals surface area contributed by atoms with Crippen LogP contribution in [-0.4, -0.2) is 10.9 Å². The zero-order chi connectivity index (χ0) is 17.0. The summed E-state index contributed by atoms with van der Waals surface area (Å²) in [5, 5.41) is 2.70. The van der Waals surface area contributed by atoms with E-state index in [1.54, 1.807) is 48.0 Å². The van der Waals surface area contributed by atoms with Crippen molar-refractivity contribution in [3.63, 3.8) is 0 Å². The summed E-state index contributed by atoms with van der Waals surface area (Å²) >= 11 is 1.31. The first-order valence-electron chi connectivity index (χ1n) is 7.58. The number of carbonyl (C=O) groups excluding carboxylic acids is 1. The minimum atomic E-state index is -0.690. The predicted molar refractivity (Wildman–Crippen MR) is 92.0 cm³/mol. The van der Waals surface area contributed by atoms with Gasteiger partial charge in [-0.25, -0.2) is 4.98 Å². The number of hydrogen-bond donors (Lipinski definition) is 0. The number of carbonyl (C=O) groups is 1. The molecule has 122 valence electrons. The van der Waals surface area contributed by atoms with Crippen molar-refractivity contribution in [2.75, 3.05) is 4.90 Å². The Morgan fingerprint density at radius 2 is 2.00 bits per heavy atom. The molecule has 4 heterocycles. The number of thiazole rings is 1. The van der Waals surface area contributed by atoms with Crippen molar-refractivity contribution in [2.45, 2.75) is 6.04 Å². The molecule has 5 rings (SSSR count). The number of fused-ring (bicyclic) bond motifs is 2. The van der Waals surface area contributed by atoms with Crippen molar-refractivity contribution in [3.8, 4) is 0 Å². The van der Waals surface area contributed by atoms with Crippen LogP contribution in [0.4, 0.5) is 5.13 Å². The van der Waals surface area contributed by atoms with E-state index < -0.39 is 11.9 Å². The van der Waals surface area contributed by atoms with E-state index in [1.165, 1.54) is 22.5 Å². The van der Waals surface area contributed by atoms with E-state index in [-0.39, 0.29) is 16.8 Å². The topological polar surface area (TPSA) is 76.6 Å². The van der Waals surface area contributed by atoms with Crippen LogP contribution >= 0.6 is 11.3 Å². The first-order valence-corrected chi connectivity index (χ1v) is 8.46. The fraction of sp³-hybridized carbons (Fsp3) is 0.0556. The lowest BCUT2D eigenvalue weighted by Crippen LogP contribution is -2.29. The van der Waals surface area contributed by atoms with Gasteiger partial charge in [-0.3, -0.25) is 14.5 Å². The van der Waals surface area contributed by atoms with Crippen molar-refractivity contribution < 1.29 is 13.6 Å². The van der Waals surface area contributed by atoms with E-state index in [9.17, 15) is 9.59 Å². The second-order valence-corrected chi connectivity index (χ2v) is 6.45. The maximum Gasteiger partial charge on any atom is 0.297 e. The summed E-state index contributed by atoms with van der Waals surface area (Å²) in [6.45, 7) is 0. The Bertz CT molecular complexity index is 1150. The van der Waals surface area contributed by atoms with Crippen molar-refractivity contribution >= 4 is 33.3 Å². The van der Waals surface area contributed by atoms with Gasteiger partial charge in [-0.05, 0) is 24.3 Å². The largest absolute Gasteiger partial charge is 0.467 e. The molecule has 25 heavy (non-hydrogen) atoms. The molecule has 0 spiro atoms. The predicted octanol–water partition coefficient (Wildman–Crippen LogP) is 3.59. The Hall–Kier alpha value is -3.19. The lowest BCUT2D eigenvalue weighted by Gasteiger charge is -2.19. The number of nitrogens with zero attached hydrogens (tertiary/aromatic N) is 2. The smallest absolute Gasteiger partial charge is 0.297 e. The number of aromatic nitrogens is 1. The Morgan fingerprint density at radius 3 is 2.76 bits per heavy atom. The Morgan fingerprint density at radius 1 is 1.12 bits per heavy atom. The van der Waals surface area contributed by atoms with Crippen LogP contribution in [0, 0.1) is 0 Å². The molecule has 3 aromatic heterocycles. The quantitative estimate of drug-likeness (QED) is 0.552. The summed E-state index contributed by atoms with van der Waals surface area (Å²) < 4.78 is 11.3. The lowest BCUT2D eigenvalue weighted by molar-refractivity contribution is 0.0969. The minimum Gasteiger partial charge on any atom is -0.467 e. The molecule has 0 unspecified atom stereocenters. The highest BCUT2D eigenvalue weighted by Gasteiger charge is 2.46. The monoisotopic (exact) mass is 350 g/mol. The SMILES string of the molecule is O=C1c2oc3ccccc3c(=O)c2[C@@H](c2ccco2)N1c1nccs1. The summed E-state index contributed by atoms with van der Waals surface area (Å²) in [6, 6.07) is 9.67. The van der Waals surface area contributed by atoms with Gasteiger partial charge in [-0.15, -0.1) is 11.3 Å². The Balaban J connectivity index is 1.85. The normalized spacial score (nSPS) is 16.6. The van der Waals surface area contributed by atoms with Gasteiger partial charge in [0.15, 0.2) is 10.6 Å². The molecule has 1 aliphatic rings. The van der Waals surface area contributed by atoms with Crippen LogP contribution in [-0.2, 0) is 0 Å². The van der Waals surface area contributed by atoms with Gasteiger partial charge in [0.05, 0.1) is 17.2 Å². The van der Waals surface area contributed by atoms with Gasteiger partial charge in [0.25, 0.3) is 5.91 Å². The zero-order valence-corrected chi connectivity index (χ0v) is 13.5. The first-order chi connectivity index (χ1) is 12.3. The lowest BCUT2D eigenvalue weighted by atomic mass is 10.0. The van der Waals surface area contributed by atoms with Crippen LogP contribution in [0.1, 0.15) is 27.9 Å². The van der Waals surface area contributed by atoms with Crippen molar-refractivity contribution in [1.29, 1.82) is 0 Å². The fourth-order valence-corrected chi connectivity index (χ4v) is 3.83. The van der Waals surface area contributed by atoms with Gasteiger partial charge < -0.3 is 8.83 Å². The second-order valence-electron chi connectivity index (χ2n) is 5.58. The van der Waals surface area contributed by atoms with Crippen LogP contribution in [0.3, 0.4) is 0 Å². The third-order valence-corrected chi connectivity index (χ3v) is 4.99. The van der Waals surface area contributed by atoms with E-state index >= 15 is 0 Å². The molecule has 0 aliphatic carbocycles. The third kappa shape index (κ3) is 1.93. The van der Waals surface area contributed by atoms with E-state index in [2.05, 4.69) is 4.98 Å². The fourth-order valence-electron chi connectivity index (χ4n) is 3.17. The number of benzene rings is 1. The molecule has 0 radical (unpaired) electrons. The van der Waals surface area contributed by atoms with Gasteiger partial charge in [0.2, 0.25) is 5.76 Å². The first kappa shape index (κ1) is 14.2. The molecule has 0 bridgehead atoms. The van der Waals surface area contributed by atoms with Crippen molar-refractivity contribution in [3.05, 3.63) is 81.5 Å². The number of anilines is 1. The molecule has 0 saturated heterocycles. The highest BCUT2D eigenvalue weighted by Crippen LogP contribution is 2.41. The summed E-state index contributed by atoms with van der Waals surface area (Å²) in [5.41, 5.74) is 0.443. The molecular weight excluding hydrogens is 340 g/mol. The maximum atomic E-state index is 13.1. The molecule has 6 nitrogen and oxygen atoms in total. The number of para-hydroxylation sites is 1. The maximum absolute atomic E-state index is 13.1. The highest BCUT2D eigenvalue weighted by molar-refractivity contribution is 7.13. The van der Waals surface area contributed by atoms with Crippen LogP contribution in [0.5, 0.6) is 0 Å². The summed E-state index contributed by atoms with van der Waals surface area (Å²) in [7, 11) is 0. The number of amides is 1. The summed E-state index contributed by atoms with van der Waals surface area (Å²) in [6.07, 6.45) is 3.13. The van der Waals surface area contributed by atoms with Crippen LogP contribution in [0.25, 0.3) is 11.0 Å². The highest BCUT2D eigenvalue weighted by atomic mass is 32.1. The van der Waals surface area contributed by atoms with Crippen LogP contribution in [0.2, 0.25) is 0 Å². The second kappa shape index (κ2) is 5.15. The number of furan rings is 1. The van der Waals surface area contributed by atoms with Crippen LogP contribution in [0.15, 0.2) is 67.9 Å². The zero-order valence-electron chi connectivity index (χ0n) is 12.7. The van der Waals surface area contributed by atoms with Gasteiger partial charge >= 0.3 is 0 Å². The van der Waals surface area contributed by atoms with Crippen molar-refractivity contribution in [2.24, 2.45) is 0 Å². The van der Waals surface area contributed by atoms with E-state index in [4.69, 9.17) is 8.83 Å². The average molecular weight is 350 g/mol. The standard InChI is InChI=1S/C18H10N2O4S/c21-15-10-4-1-2-5-11(10)24-16-13(15)14(12-6-3-8-23-12)20(17(16)22)18-19-7-9-25-18/h1-9,14H/t14-/m1/s1. The molecule has 1 amide bonds. The van der Waals surface area contributed by atoms with Gasteiger partial charge in [0.1, 0.15) is 17.4 Å². The molecule has 0 saturated carbocycles.